The molecule has 1 aromatic carbocycles. The van der Waals surface area contributed by atoms with Crippen molar-refractivity contribution in [2.45, 2.75) is 46.6 Å². The minimum absolute atomic E-state index is 0.117. The Hall–Kier alpha value is -1.60. The SMILES string of the molecule is Cc1ccc(NC(=O)[C@@H](C)OC(=O)CSC(=S)N2CCC(C)CC2)c(C)c1. The van der Waals surface area contributed by atoms with E-state index < -0.39 is 12.1 Å². The standard InChI is InChI=1S/C20H28N2O3S2/c1-13-7-9-22(10-8-13)20(26)27-12-18(23)25-16(4)19(24)21-17-6-5-14(2)11-15(17)3/h5-6,11,13,16H,7-10,12H2,1-4H3,(H,21,24)/t16-/m1/s1. The zero-order valence-electron chi connectivity index (χ0n) is 16.4. The van der Waals surface area contributed by atoms with Gasteiger partial charge in [0.15, 0.2) is 6.10 Å². The summed E-state index contributed by atoms with van der Waals surface area (Å²) in [6.45, 7) is 9.63. The first-order valence-electron chi connectivity index (χ1n) is 9.25. The molecule has 148 valence electrons. The molecule has 0 saturated carbocycles. The van der Waals surface area contributed by atoms with E-state index >= 15 is 0 Å². The molecule has 1 N–H and O–H groups in total. The molecule has 1 aliphatic heterocycles. The fraction of sp³-hybridized carbons (Fsp3) is 0.550. The monoisotopic (exact) mass is 408 g/mol. The number of carbonyl (C=O) groups is 2. The zero-order chi connectivity index (χ0) is 20.0. The molecule has 0 radical (unpaired) electrons. The second-order valence-corrected chi connectivity index (χ2v) is 8.77. The van der Waals surface area contributed by atoms with Crippen LogP contribution in [0.1, 0.15) is 37.8 Å². The third kappa shape index (κ3) is 6.81. The van der Waals surface area contributed by atoms with Crippen molar-refractivity contribution in [2.75, 3.05) is 24.2 Å². The largest absolute Gasteiger partial charge is 0.452 e. The summed E-state index contributed by atoms with van der Waals surface area (Å²) < 4.78 is 5.98. The molecule has 0 aliphatic carbocycles. The van der Waals surface area contributed by atoms with Gasteiger partial charge in [0, 0.05) is 18.8 Å². The molecular formula is C20H28N2O3S2. The number of nitrogens with zero attached hydrogens (tertiary/aromatic N) is 1. The van der Waals surface area contributed by atoms with Crippen LogP contribution in [-0.2, 0) is 14.3 Å². The molecule has 7 heteroatoms. The predicted molar refractivity (Wildman–Crippen MR) is 115 cm³/mol. The maximum Gasteiger partial charge on any atom is 0.317 e. The highest BCUT2D eigenvalue weighted by molar-refractivity contribution is 8.23. The predicted octanol–water partition coefficient (Wildman–Crippen LogP) is 3.92. The summed E-state index contributed by atoms with van der Waals surface area (Å²) in [6.07, 6.45) is 1.39. The highest BCUT2D eigenvalue weighted by atomic mass is 32.2. The first-order chi connectivity index (χ1) is 12.8. The first kappa shape index (κ1) is 21.7. The Balaban J connectivity index is 1.75. The van der Waals surface area contributed by atoms with E-state index in [1.807, 2.05) is 32.0 Å². The Bertz CT molecular complexity index is 700. The van der Waals surface area contributed by atoms with Gasteiger partial charge in [0.25, 0.3) is 5.91 Å². The van der Waals surface area contributed by atoms with Crippen LogP contribution < -0.4 is 5.32 Å². The molecule has 0 spiro atoms. The zero-order valence-corrected chi connectivity index (χ0v) is 18.0. The van der Waals surface area contributed by atoms with Gasteiger partial charge in [-0.2, -0.15) is 0 Å². The van der Waals surface area contributed by atoms with E-state index in [0.29, 0.717) is 0 Å². The number of carbonyl (C=O) groups excluding carboxylic acids is 2. The van der Waals surface area contributed by atoms with Crippen molar-refractivity contribution in [1.82, 2.24) is 4.90 Å². The number of thioether (sulfide) groups is 1. The average Bonchev–Trinajstić information content (AvgIpc) is 2.62. The number of benzene rings is 1. The molecule has 27 heavy (non-hydrogen) atoms. The highest BCUT2D eigenvalue weighted by Gasteiger charge is 2.21. The van der Waals surface area contributed by atoms with E-state index in [-0.39, 0.29) is 11.7 Å². The fourth-order valence-electron chi connectivity index (χ4n) is 2.88. The number of hydrogen-bond donors (Lipinski definition) is 1. The number of anilines is 1. The number of ether oxygens (including phenoxy) is 1. The lowest BCUT2D eigenvalue weighted by atomic mass is 10.00. The smallest absolute Gasteiger partial charge is 0.317 e. The number of thiocarbonyl (C=S) groups is 1. The second-order valence-electron chi connectivity index (χ2n) is 7.16. The summed E-state index contributed by atoms with van der Waals surface area (Å²) in [6, 6.07) is 5.77. The molecule has 1 amide bonds. The van der Waals surface area contributed by atoms with Crippen LogP contribution in [0.15, 0.2) is 18.2 Å². The molecule has 5 nitrogen and oxygen atoms in total. The Labute approximate surface area is 171 Å². The van der Waals surface area contributed by atoms with Crippen LogP contribution in [0.5, 0.6) is 0 Å². The molecule has 0 aromatic heterocycles. The maximum absolute atomic E-state index is 12.3. The van der Waals surface area contributed by atoms with Crippen LogP contribution in [0, 0.1) is 19.8 Å². The highest BCUT2D eigenvalue weighted by Crippen LogP contribution is 2.20. The van der Waals surface area contributed by atoms with Crippen LogP contribution in [-0.4, -0.2) is 46.0 Å². The Morgan fingerprint density at radius 3 is 2.63 bits per heavy atom. The van der Waals surface area contributed by atoms with Crippen molar-refractivity contribution in [1.29, 1.82) is 0 Å². The first-order valence-corrected chi connectivity index (χ1v) is 10.6. The van der Waals surface area contributed by atoms with Gasteiger partial charge in [-0.25, -0.2) is 0 Å². The number of rotatable bonds is 5. The van der Waals surface area contributed by atoms with Crippen molar-refractivity contribution in [3.63, 3.8) is 0 Å². The summed E-state index contributed by atoms with van der Waals surface area (Å²) in [5.74, 6) is 0.0750. The van der Waals surface area contributed by atoms with Crippen molar-refractivity contribution < 1.29 is 14.3 Å². The van der Waals surface area contributed by atoms with Crippen molar-refractivity contribution in [3.05, 3.63) is 29.3 Å². The molecule has 0 unspecified atom stereocenters. The van der Waals surface area contributed by atoms with Crippen LogP contribution in [0.25, 0.3) is 0 Å². The van der Waals surface area contributed by atoms with Gasteiger partial charge >= 0.3 is 5.97 Å². The molecule has 1 aromatic rings. The van der Waals surface area contributed by atoms with Crippen LogP contribution in [0.3, 0.4) is 0 Å². The van der Waals surface area contributed by atoms with Gasteiger partial charge in [-0.05, 0) is 51.2 Å². The lowest BCUT2D eigenvalue weighted by molar-refractivity contribution is -0.150. The summed E-state index contributed by atoms with van der Waals surface area (Å²) in [5, 5.41) is 2.81. The molecule has 1 heterocycles. The Morgan fingerprint density at radius 2 is 2.00 bits per heavy atom. The minimum atomic E-state index is -0.858. The van der Waals surface area contributed by atoms with Crippen molar-refractivity contribution in [3.8, 4) is 0 Å². The van der Waals surface area contributed by atoms with Gasteiger partial charge in [0.05, 0.1) is 5.75 Å². The van der Waals surface area contributed by atoms with Crippen molar-refractivity contribution in [2.24, 2.45) is 5.92 Å². The summed E-state index contributed by atoms with van der Waals surface area (Å²) in [5.41, 5.74) is 2.82. The number of piperidine rings is 1. The van der Waals surface area contributed by atoms with E-state index in [2.05, 4.69) is 17.1 Å². The lowest BCUT2D eigenvalue weighted by Gasteiger charge is -2.31. The van der Waals surface area contributed by atoms with E-state index in [4.69, 9.17) is 17.0 Å². The van der Waals surface area contributed by atoms with Crippen LogP contribution >= 0.6 is 24.0 Å². The number of amides is 1. The Morgan fingerprint density at radius 1 is 1.33 bits per heavy atom. The molecule has 1 saturated heterocycles. The molecule has 1 atom stereocenters. The van der Waals surface area contributed by atoms with Gasteiger partial charge in [-0.1, -0.05) is 48.6 Å². The van der Waals surface area contributed by atoms with E-state index in [1.54, 1.807) is 6.92 Å². The van der Waals surface area contributed by atoms with Gasteiger partial charge in [0.2, 0.25) is 0 Å². The van der Waals surface area contributed by atoms with Gasteiger partial charge in [0.1, 0.15) is 4.32 Å². The molecule has 1 aliphatic rings. The number of hydrogen-bond acceptors (Lipinski definition) is 5. The number of likely N-dealkylation sites (tertiary alicyclic amines) is 1. The lowest BCUT2D eigenvalue weighted by Crippen LogP contribution is -2.36. The van der Waals surface area contributed by atoms with E-state index in [0.717, 1.165) is 53.0 Å². The van der Waals surface area contributed by atoms with Crippen LogP contribution in [0.4, 0.5) is 5.69 Å². The quantitative estimate of drug-likeness (QED) is 0.589. The number of nitrogens with one attached hydrogen (secondary N) is 1. The van der Waals surface area contributed by atoms with E-state index in [1.165, 1.54) is 11.8 Å². The van der Waals surface area contributed by atoms with Gasteiger partial charge in [-0.3, -0.25) is 9.59 Å². The normalized spacial score (nSPS) is 15.9. The fourth-order valence-corrected chi connectivity index (χ4v) is 3.91. The topological polar surface area (TPSA) is 58.6 Å². The number of aryl methyl sites for hydroxylation is 2. The van der Waals surface area contributed by atoms with Crippen LogP contribution in [0.2, 0.25) is 0 Å². The van der Waals surface area contributed by atoms with Gasteiger partial charge in [-0.15, -0.1) is 0 Å². The molecule has 0 bridgehead atoms. The molecular weight excluding hydrogens is 380 g/mol. The summed E-state index contributed by atoms with van der Waals surface area (Å²) >= 11 is 6.71. The molecule has 2 rings (SSSR count). The summed E-state index contributed by atoms with van der Waals surface area (Å²) in [4.78, 5) is 26.5. The Kier molecular flexibility index (Phi) is 8.10. The summed E-state index contributed by atoms with van der Waals surface area (Å²) in [7, 11) is 0. The maximum atomic E-state index is 12.3. The third-order valence-corrected chi connectivity index (χ3v) is 6.17. The van der Waals surface area contributed by atoms with Gasteiger partial charge < -0.3 is 15.0 Å². The molecule has 1 fully saturated rings. The average molecular weight is 409 g/mol. The second kappa shape index (κ2) is 10.1. The van der Waals surface area contributed by atoms with E-state index in [9.17, 15) is 9.59 Å². The minimum Gasteiger partial charge on any atom is -0.452 e. The number of esters is 1. The van der Waals surface area contributed by atoms with Crippen molar-refractivity contribution >= 4 is 45.9 Å². The third-order valence-electron chi connectivity index (χ3n) is 4.67.